The molecular weight excluding hydrogens is 360 g/mol. The monoisotopic (exact) mass is 372 g/mol. The Kier molecular flexibility index (Phi) is 4.43. The fourth-order valence-electron chi connectivity index (χ4n) is 2.18. The summed E-state index contributed by atoms with van der Waals surface area (Å²) in [5.74, 6) is 0.675. The van der Waals surface area contributed by atoms with Crippen LogP contribution in [0.15, 0.2) is 62.7 Å². The van der Waals surface area contributed by atoms with E-state index in [-0.39, 0.29) is 5.91 Å². The van der Waals surface area contributed by atoms with Crippen LogP contribution in [0.4, 0.5) is 0 Å². The molecule has 3 rings (SSSR count). The number of nitrogens with zero attached hydrogens (tertiary/aromatic N) is 1. The fraction of sp³-hybridized carbons (Fsp3) is 0.0588. The third-order valence-electron chi connectivity index (χ3n) is 3.26. The number of furan rings is 1. The van der Waals surface area contributed by atoms with E-state index in [2.05, 4.69) is 26.5 Å². The normalized spacial score (nSPS) is 11.0. The summed E-state index contributed by atoms with van der Waals surface area (Å²) in [4.78, 5) is 12.3. The van der Waals surface area contributed by atoms with Crippen molar-refractivity contribution in [3.8, 4) is 5.75 Å². The molecule has 0 aliphatic heterocycles. The third kappa shape index (κ3) is 3.43. The van der Waals surface area contributed by atoms with Crippen LogP contribution in [0.2, 0.25) is 0 Å². The molecule has 116 valence electrons. The Balaban J connectivity index is 1.83. The van der Waals surface area contributed by atoms with Crippen LogP contribution in [-0.2, 0) is 0 Å². The second-order valence-electron chi connectivity index (χ2n) is 4.74. The van der Waals surface area contributed by atoms with Gasteiger partial charge in [0.25, 0.3) is 5.91 Å². The van der Waals surface area contributed by atoms with E-state index < -0.39 is 0 Å². The molecule has 0 unspecified atom stereocenters. The molecule has 0 atom stereocenters. The molecule has 1 N–H and O–H groups in total. The molecule has 0 aliphatic rings. The number of methoxy groups -OCH3 is 1. The van der Waals surface area contributed by atoms with Crippen LogP contribution in [0.25, 0.3) is 10.8 Å². The highest BCUT2D eigenvalue weighted by Gasteiger charge is 2.13. The number of carbonyl (C=O) groups excluding carboxylic acids is 1. The molecular formula is C17H13BrN2O3. The van der Waals surface area contributed by atoms with Gasteiger partial charge in [-0.3, -0.25) is 4.79 Å². The zero-order valence-corrected chi connectivity index (χ0v) is 13.8. The van der Waals surface area contributed by atoms with E-state index in [1.54, 1.807) is 18.2 Å². The predicted molar refractivity (Wildman–Crippen MR) is 92.0 cm³/mol. The van der Waals surface area contributed by atoms with Gasteiger partial charge in [0.1, 0.15) is 11.5 Å². The van der Waals surface area contributed by atoms with Crippen LogP contribution >= 0.6 is 15.9 Å². The van der Waals surface area contributed by atoms with Gasteiger partial charge in [-0.2, -0.15) is 5.10 Å². The number of nitrogens with one attached hydrogen (secondary N) is 1. The highest BCUT2D eigenvalue weighted by Crippen LogP contribution is 2.25. The van der Waals surface area contributed by atoms with Crippen molar-refractivity contribution < 1.29 is 13.9 Å². The van der Waals surface area contributed by atoms with Crippen LogP contribution < -0.4 is 10.2 Å². The maximum atomic E-state index is 12.3. The molecule has 0 saturated heterocycles. The zero-order chi connectivity index (χ0) is 16.2. The van der Waals surface area contributed by atoms with Crippen LogP contribution in [0, 0.1) is 0 Å². The van der Waals surface area contributed by atoms with Crippen molar-refractivity contribution in [3.63, 3.8) is 0 Å². The van der Waals surface area contributed by atoms with Gasteiger partial charge in [0.15, 0.2) is 4.67 Å². The van der Waals surface area contributed by atoms with Crippen molar-refractivity contribution in [2.24, 2.45) is 5.10 Å². The topological polar surface area (TPSA) is 63.8 Å². The first-order valence-electron chi connectivity index (χ1n) is 6.83. The number of hydrazone groups is 1. The minimum Gasteiger partial charge on any atom is -0.496 e. The number of fused-ring (bicyclic) bond motifs is 1. The second-order valence-corrected chi connectivity index (χ2v) is 5.52. The van der Waals surface area contributed by atoms with Crippen LogP contribution in [0.5, 0.6) is 5.75 Å². The average molecular weight is 373 g/mol. The van der Waals surface area contributed by atoms with Crippen LogP contribution in [0.1, 0.15) is 16.1 Å². The zero-order valence-electron chi connectivity index (χ0n) is 12.2. The van der Waals surface area contributed by atoms with Crippen molar-refractivity contribution >= 4 is 38.8 Å². The number of hydrogen-bond donors (Lipinski definition) is 1. The molecule has 1 amide bonds. The van der Waals surface area contributed by atoms with E-state index >= 15 is 0 Å². The van der Waals surface area contributed by atoms with Gasteiger partial charge >= 0.3 is 0 Å². The first-order valence-corrected chi connectivity index (χ1v) is 7.62. The highest BCUT2D eigenvalue weighted by molar-refractivity contribution is 9.10. The molecule has 5 nitrogen and oxygen atoms in total. The van der Waals surface area contributed by atoms with Gasteiger partial charge in [-0.25, -0.2) is 5.43 Å². The standard InChI is InChI=1S/C17H13BrN2O3/c1-22-15-9-12-5-3-2-4-11(12)8-14(15)17(21)20-19-10-13-6-7-16(18)23-13/h2-10H,1H3,(H,20,21). The summed E-state index contributed by atoms with van der Waals surface area (Å²) in [6.07, 6.45) is 1.43. The highest BCUT2D eigenvalue weighted by atomic mass is 79.9. The lowest BCUT2D eigenvalue weighted by Gasteiger charge is -2.09. The SMILES string of the molecule is COc1cc2ccccc2cc1C(=O)NN=Cc1ccc(Br)o1. The smallest absolute Gasteiger partial charge is 0.275 e. The Bertz CT molecular complexity index is 886. The number of hydrogen-bond acceptors (Lipinski definition) is 4. The van der Waals surface area contributed by atoms with Gasteiger partial charge in [-0.15, -0.1) is 0 Å². The average Bonchev–Trinajstić information content (AvgIpc) is 2.98. The lowest BCUT2D eigenvalue weighted by molar-refractivity contribution is 0.0952. The molecule has 1 aromatic heterocycles. The van der Waals surface area contributed by atoms with Gasteiger partial charge in [0.2, 0.25) is 0 Å². The Hall–Kier alpha value is -2.60. The number of ether oxygens (including phenoxy) is 1. The van der Waals surface area contributed by atoms with E-state index in [9.17, 15) is 4.79 Å². The summed E-state index contributed by atoms with van der Waals surface area (Å²) in [6, 6.07) is 14.9. The first kappa shape index (κ1) is 15.3. The Morgan fingerprint density at radius 1 is 1.22 bits per heavy atom. The summed E-state index contributed by atoms with van der Waals surface area (Å²) in [6.45, 7) is 0. The Labute approximate surface area is 141 Å². The van der Waals surface area contributed by atoms with Gasteiger partial charge in [-0.05, 0) is 51.0 Å². The molecule has 1 heterocycles. The molecule has 2 aromatic carbocycles. The summed E-state index contributed by atoms with van der Waals surface area (Å²) < 4.78 is 11.2. The number of halogens is 1. The number of rotatable bonds is 4. The van der Waals surface area contributed by atoms with E-state index in [1.807, 2.05) is 30.3 Å². The van der Waals surface area contributed by atoms with Crippen molar-refractivity contribution in [2.45, 2.75) is 0 Å². The third-order valence-corrected chi connectivity index (χ3v) is 3.69. The van der Waals surface area contributed by atoms with Crippen LogP contribution in [0.3, 0.4) is 0 Å². The van der Waals surface area contributed by atoms with Crippen molar-refractivity contribution in [2.75, 3.05) is 7.11 Å². The van der Waals surface area contributed by atoms with Gasteiger partial charge in [0, 0.05) is 0 Å². The largest absolute Gasteiger partial charge is 0.496 e. The molecule has 0 spiro atoms. The molecule has 3 aromatic rings. The molecule has 0 aliphatic carbocycles. The number of carbonyl (C=O) groups is 1. The summed E-state index contributed by atoms with van der Waals surface area (Å²) in [7, 11) is 1.53. The van der Waals surface area contributed by atoms with Crippen molar-refractivity contribution in [1.29, 1.82) is 0 Å². The molecule has 0 bridgehead atoms. The lowest BCUT2D eigenvalue weighted by Crippen LogP contribution is -2.18. The molecule has 0 radical (unpaired) electrons. The van der Waals surface area contributed by atoms with Gasteiger partial charge in [-0.1, -0.05) is 24.3 Å². The quantitative estimate of drug-likeness (QED) is 0.556. The van der Waals surface area contributed by atoms with Gasteiger partial charge < -0.3 is 9.15 Å². The number of benzene rings is 2. The Morgan fingerprint density at radius 3 is 2.61 bits per heavy atom. The molecule has 6 heteroatoms. The molecule has 0 saturated carbocycles. The minimum atomic E-state index is -0.352. The van der Waals surface area contributed by atoms with E-state index in [4.69, 9.17) is 9.15 Å². The lowest BCUT2D eigenvalue weighted by atomic mass is 10.1. The Morgan fingerprint density at radius 2 is 1.96 bits per heavy atom. The predicted octanol–water partition coefficient (Wildman–Crippen LogP) is 3.97. The molecule has 0 fully saturated rings. The molecule has 23 heavy (non-hydrogen) atoms. The first-order chi connectivity index (χ1) is 11.2. The van der Waals surface area contributed by atoms with Crippen molar-refractivity contribution in [3.05, 3.63) is 64.5 Å². The second kappa shape index (κ2) is 6.66. The van der Waals surface area contributed by atoms with Gasteiger partial charge in [0.05, 0.1) is 18.9 Å². The minimum absolute atomic E-state index is 0.352. The van der Waals surface area contributed by atoms with E-state index in [1.165, 1.54) is 13.3 Å². The number of amides is 1. The summed E-state index contributed by atoms with van der Waals surface area (Å²) >= 11 is 3.20. The van der Waals surface area contributed by atoms with E-state index in [0.29, 0.717) is 21.7 Å². The van der Waals surface area contributed by atoms with Crippen LogP contribution in [-0.4, -0.2) is 19.2 Å². The van der Waals surface area contributed by atoms with Crippen molar-refractivity contribution in [1.82, 2.24) is 5.43 Å². The summed E-state index contributed by atoms with van der Waals surface area (Å²) in [5, 5.41) is 5.85. The van der Waals surface area contributed by atoms with E-state index in [0.717, 1.165) is 10.8 Å². The summed E-state index contributed by atoms with van der Waals surface area (Å²) in [5.41, 5.74) is 2.89. The fourth-order valence-corrected chi connectivity index (χ4v) is 2.50. The maximum Gasteiger partial charge on any atom is 0.275 e. The maximum absolute atomic E-state index is 12.3.